The van der Waals surface area contributed by atoms with Crippen LogP contribution in [0.2, 0.25) is 0 Å². The van der Waals surface area contributed by atoms with Crippen LogP contribution in [0.25, 0.3) is 0 Å². The Morgan fingerprint density at radius 2 is 1.79 bits per heavy atom. The first-order valence-electron chi connectivity index (χ1n) is 8.05. The fourth-order valence-electron chi connectivity index (χ4n) is 2.49. The normalized spacial score (nSPS) is 22.2. The van der Waals surface area contributed by atoms with Gasteiger partial charge in [-0.2, -0.15) is 0 Å². The number of alkyl carbamates (subject to hydrolysis) is 1. The Kier molecular flexibility index (Phi) is 5.25. The molecule has 7 heteroatoms. The van der Waals surface area contributed by atoms with E-state index in [2.05, 4.69) is 30.8 Å². The second kappa shape index (κ2) is 6.72. The summed E-state index contributed by atoms with van der Waals surface area (Å²) >= 11 is 0. The number of sulfonamides is 1. The molecule has 0 aromatic heterocycles. The first-order chi connectivity index (χ1) is 11.0. The molecule has 24 heavy (non-hydrogen) atoms. The van der Waals surface area contributed by atoms with Gasteiger partial charge in [0, 0.05) is 0 Å². The summed E-state index contributed by atoms with van der Waals surface area (Å²) < 4.78 is 31.9. The van der Waals surface area contributed by atoms with Crippen molar-refractivity contribution in [3.63, 3.8) is 0 Å². The third-order valence-electron chi connectivity index (χ3n) is 4.14. The maximum absolute atomic E-state index is 12.2. The van der Waals surface area contributed by atoms with Crippen molar-refractivity contribution < 1.29 is 17.9 Å². The van der Waals surface area contributed by atoms with Crippen molar-refractivity contribution >= 4 is 16.1 Å². The molecule has 1 aromatic rings. The average molecular weight is 354 g/mol. The monoisotopic (exact) mass is 354 g/mol. The van der Waals surface area contributed by atoms with Crippen molar-refractivity contribution in [1.82, 2.24) is 10.0 Å². The van der Waals surface area contributed by atoms with E-state index in [1.807, 2.05) is 24.3 Å². The average Bonchev–Trinajstić information content (AvgIpc) is 2.48. The highest BCUT2D eigenvalue weighted by atomic mass is 32.2. The molecule has 0 radical (unpaired) electrons. The van der Waals surface area contributed by atoms with Gasteiger partial charge in [0.15, 0.2) is 0 Å². The maximum atomic E-state index is 12.2. The predicted octanol–water partition coefficient (Wildman–Crippen LogP) is 2.46. The molecular weight excluding hydrogens is 328 g/mol. The van der Waals surface area contributed by atoms with Gasteiger partial charge in [-0.3, -0.25) is 0 Å². The molecule has 2 N–H and O–H groups in total. The third-order valence-corrected chi connectivity index (χ3v) is 6.01. The molecule has 0 bridgehead atoms. The standard InChI is InChI=1S/C17H26N2O4S/c1-11(2)24(21,22)19-14-10-23-16(20)18-15(14)12-6-8-13(9-7-12)17(3,4)5/h6-9,11,14-15,19H,10H2,1-5H3,(H,18,20). The summed E-state index contributed by atoms with van der Waals surface area (Å²) in [7, 11) is -3.47. The molecule has 1 saturated heterocycles. The number of ether oxygens (including phenoxy) is 1. The second-order valence-corrected chi connectivity index (χ2v) is 9.68. The van der Waals surface area contributed by atoms with Crippen LogP contribution in [0.5, 0.6) is 0 Å². The molecule has 1 aliphatic rings. The molecule has 1 heterocycles. The van der Waals surface area contributed by atoms with E-state index in [-0.39, 0.29) is 12.0 Å². The van der Waals surface area contributed by atoms with Gasteiger partial charge in [-0.15, -0.1) is 0 Å². The van der Waals surface area contributed by atoms with Gasteiger partial charge < -0.3 is 10.1 Å². The smallest absolute Gasteiger partial charge is 0.407 e. The molecule has 1 amide bonds. The quantitative estimate of drug-likeness (QED) is 0.870. The Labute approximate surface area is 144 Å². The third kappa shape index (κ3) is 4.27. The van der Waals surface area contributed by atoms with Crippen molar-refractivity contribution in [2.45, 2.75) is 57.4 Å². The SMILES string of the molecule is CC(C)S(=O)(=O)NC1COC(=O)NC1c1ccc(C(C)(C)C)cc1. The summed E-state index contributed by atoms with van der Waals surface area (Å²) in [5.74, 6) is 0. The van der Waals surface area contributed by atoms with Crippen LogP contribution in [-0.2, 0) is 20.2 Å². The number of amides is 1. The second-order valence-electron chi connectivity index (χ2n) is 7.41. The Balaban J connectivity index is 2.28. The van der Waals surface area contributed by atoms with E-state index in [1.165, 1.54) is 5.56 Å². The van der Waals surface area contributed by atoms with Crippen LogP contribution in [-0.4, -0.2) is 32.4 Å². The number of carbonyl (C=O) groups is 1. The molecule has 1 aromatic carbocycles. The minimum atomic E-state index is -3.47. The summed E-state index contributed by atoms with van der Waals surface area (Å²) in [6.45, 7) is 9.59. The minimum absolute atomic E-state index is 0.00344. The lowest BCUT2D eigenvalue weighted by Crippen LogP contribution is -2.54. The van der Waals surface area contributed by atoms with Gasteiger partial charge in [-0.25, -0.2) is 17.9 Å². The number of benzene rings is 1. The summed E-state index contributed by atoms with van der Waals surface area (Å²) in [6.07, 6.45) is -0.542. The van der Waals surface area contributed by atoms with E-state index in [0.717, 1.165) is 5.56 Å². The number of cyclic esters (lactones) is 1. The first-order valence-corrected chi connectivity index (χ1v) is 9.60. The van der Waals surface area contributed by atoms with Gasteiger partial charge in [-0.1, -0.05) is 45.0 Å². The lowest BCUT2D eigenvalue weighted by atomic mass is 9.86. The van der Waals surface area contributed by atoms with Crippen LogP contribution in [0.15, 0.2) is 24.3 Å². The summed E-state index contributed by atoms with van der Waals surface area (Å²) in [4.78, 5) is 11.6. The van der Waals surface area contributed by atoms with Crippen molar-refractivity contribution in [3.8, 4) is 0 Å². The van der Waals surface area contributed by atoms with E-state index in [1.54, 1.807) is 13.8 Å². The van der Waals surface area contributed by atoms with Crippen molar-refractivity contribution in [2.75, 3.05) is 6.61 Å². The molecule has 2 atom stereocenters. The molecule has 0 aliphatic carbocycles. The van der Waals surface area contributed by atoms with Gasteiger partial charge in [0.2, 0.25) is 10.0 Å². The van der Waals surface area contributed by atoms with Gasteiger partial charge in [-0.05, 0) is 30.4 Å². The fraction of sp³-hybridized carbons (Fsp3) is 0.588. The van der Waals surface area contributed by atoms with Crippen LogP contribution in [0, 0.1) is 0 Å². The Morgan fingerprint density at radius 1 is 1.21 bits per heavy atom. The highest BCUT2D eigenvalue weighted by Crippen LogP contribution is 2.26. The Morgan fingerprint density at radius 3 is 2.29 bits per heavy atom. The van der Waals surface area contributed by atoms with Crippen molar-refractivity contribution in [2.24, 2.45) is 0 Å². The number of carbonyl (C=O) groups excluding carboxylic acids is 1. The van der Waals surface area contributed by atoms with Crippen molar-refractivity contribution in [1.29, 1.82) is 0 Å². The zero-order valence-electron chi connectivity index (χ0n) is 14.8. The molecule has 2 rings (SSSR count). The van der Waals surface area contributed by atoms with Crippen LogP contribution in [0.1, 0.15) is 51.8 Å². The highest BCUT2D eigenvalue weighted by Gasteiger charge is 2.35. The first kappa shape index (κ1) is 18.7. The van der Waals surface area contributed by atoms with Gasteiger partial charge in [0.25, 0.3) is 0 Å². The number of hydrogen-bond acceptors (Lipinski definition) is 4. The maximum Gasteiger partial charge on any atom is 0.407 e. The van der Waals surface area contributed by atoms with Crippen LogP contribution >= 0.6 is 0 Å². The molecular formula is C17H26N2O4S. The zero-order valence-corrected chi connectivity index (χ0v) is 15.6. The number of rotatable bonds is 4. The molecule has 134 valence electrons. The molecule has 1 fully saturated rings. The van der Waals surface area contributed by atoms with Crippen LogP contribution in [0.4, 0.5) is 4.79 Å². The minimum Gasteiger partial charge on any atom is -0.448 e. The molecule has 0 saturated carbocycles. The zero-order chi connectivity index (χ0) is 18.1. The van der Waals surface area contributed by atoms with Crippen molar-refractivity contribution in [3.05, 3.63) is 35.4 Å². The van der Waals surface area contributed by atoms with Crippen LogP contribution < -0.4 is 10.0 Å². The summed E-state index contributed by atoms with van der Waals surface area (Å²) in [5, 5.41) is 2.16. The van der Waals surface area contributed by atoms with Gasteiger partial charge in [0.1, 0.15) is 6.61 Å². The van der Waals surface area contributed by atoms with E-state index < -0.39 is 33.5 Å². The van der Waals surface area contributed by atoms with E-state index >= 15 is 0 Å². The topological polar surface area (TPSA) is 84.5 Å². The summed E-state index contributed by atoms with van der Waals surface area (Å²) in [5.41, 5.74) is 2.04. The number of hydrogen-bond donors (Lipinski definition) is 2. The molecule has 6 nitrogen and oxygen atoms in total. The summed E-state index contributed by atoms with van der Waals surface area (Å²) in [6, 6.07) is 6.85. The molecule has 1 aliphatic heterocycles. The predicted molar refractivity (Wildman–Crippen MR) is 93.3 cm³/mol. The van der Waals surface area contributed by atoms with E-state index in [9.17, 15) is 13.2 Å². The molecule has 0 spiro atoms. The lowest BCUT2D eigenvalue weighted by Gasteiger charge is -2.33. The lowest BCUT2D eigenvalue weighted by molar-refractivity contribution is 0.0996. The van der Waals surface area contributed by atoms with Gasteiger partial charge >= 0.3 is 6.09 Å². The number of nitrogens with one attached hydrogen (secondary N) is 2. The van der Waals surface area contributed by atoms with Crippen LogP contribution in [0.3, 0.4) is 0 Å². The van der Waals surface area contributed by atoms with E-state index in [0.29, 0.717) is 0 Å². The Bertz CT molecular complexity index is 690. The Hall–Kier alpha value is -1.60. The largest absolute Gasteiger partial charge is 0.448 e. The fourth-order valence-corrected chi connectivity index (χ4v) is 3.38. The van der Waals surface area contributed by atoms with E-state index in [4.69, 9.17) is 4.74 Å². The molecule has 2 unspecified atom stereocenters. The highest BCUT2D eigenvalue weighted by molar-refractivity contribution is 7.90. The van der Waals surface area contributed by atoms with Gasteiger partial charge in [0.05, 0.1) is 17.3 Å².